The van der Waals surface area contributed by atoms with E-state index in [0.29, 0.717) is 10.4 Å². The van der Waals surface area contributed by atoms with Crippen molar-refractivity contribution in [1.82, 2.24) is 0 Å². The Morgan fingerprint density at radius 3 is 2.85 bits per heavy atom. The number of nitrogens with zero attached hydrogens (tertiary/aromatic N) is 1. The molecule has 2 rings (SSSR count). The molecule has 0 fully saturated rings. The maximum absolute atomic E-state index is 11.5. The molecule has 1 heterocycles. The van der Waals surface area contributed by atoms with E-state index in [4.69, 9.17) is 0 Å². The summed E-state index contributed by atoms with van der Waals surface area (Å²) < 4.78 is 4.69. The molecule has 0 N–H and O–H groups in total. The van der Waals surface area contributed by atoms with Crippen molar-refractivity contribution in [3.8, 4) is 0 Å². The Labute approximate surface area is 119 Å². The molecule has 0 aliphatic carbocycles. The van der Waals surface area contributed by atoms with Gasteiger partial charge in [0.05, 0.1) is 12.0 Å². The van der Waals surface area contributed by atoms with E-state index in [1.54, 1.807) is 35.7 Å². The summed E-state index contributed by atoms with van der Waals surface area (Å²) in [6, 6.07) is 8.08. The van der Waals surface area contributed by atoms with Gasteiger partial charge in [0.15, 0.2) is 0 Å². The molecule has 5 nitrogen and oxygen atoms in total. The topological polar surface area (TPSA) is 69.4 Å². The molecular weight excluding hydrogens is 278 g/mol. The average Bonchev–Trinajstić information content (AvgIpc) is 2.93. The van der Waals surface area contributed by atoms with E-state index < -0.39 is 10.9 Å². The Morgan fingerprint density at radius 1 is 1.35 bits per heavy atom. The molecular formula is C14H11NO4S. The number of ether oxygens (including phenoxy) is 1. The van der Waals surface area contributed by atoms with Crippen LogP contribution < -0.4 is 0 Å². The molecule has 0 spiro atoms. The third-order valence-corrected chi connectivity index (χ3v) is 3.51. The molecule has 0 aliphatic rings. The number of nitro benzene ring substituents is 1. The fourth-order valence-corrected chi connectivity index (χ4v) is 2.44. The number of carbonyl (C=O) groups excluding carboxylic acids is 1. The monoisotopic (exact) mass is 289 g/mol. The fourth-order valence-electron chi connectivity index (χ4n) is 1.64. The van der Waals surface area contributed by atoms with Crippen LogP contribution in [-0.2, 0) is 4.74 Å². The van der Waals surface area contributed by atoms with E-state index in [1.165, 1.54) is 30.6 Å². The number of hydrogen-bond acceptors (Lipinski definition) is 5. The van der Waals surface area contributed by atoms with Crippen molar-refractivity contribution < 1.29 is 14.5 Å². The Kier molecular flexibility index (Phi) is 4.27. The number of benzene rings is 1. The minimum Gasteiger partial charge on any atom is -0.465 e. The number of rotatable bonds is 4. The van der Waals surface area contributed by atoms with E-state index in [9.17, 15) is 14.9 Å². The van der Waals surface area contributed by atoms with Gasteiger partial charge in [-0.15, -0.1) is 11.3 Å². The molecule has 0 aliphatic heterocycles. The van der Waals surface area contributed by atoms with Crippen molar-refractivity contribution in [3.63, 3.8) is 0 Å². The van der Waals surface area contributed by atoms with E-state index in [1.807, 2.05) is 0 Å². The van der Waals surface area contributed by atoms with E-state index >= 15 is 0 Å². The number of non-ortho nitro benzene ring substituents is 1. The van der Waals surface area contributed by atoms with Crippen LogP contribution in [-0.4, -0.2) is 18.0 Å². The summed E-state index contributed by atoms with van der Waals surface area (Å²) in [6.45, 7) is 0. The number of carbonyl (C=O) groups is 1. The van der Waals surface area contributed by atoms with Crippen LogP contribution in [0.5, 0.6) is 0 Å². The minimum atomic E-state index is -0.443. The molecule has 1 aromatic carbocycles. The molecule has 0 bridgehead atoms. The second kappa shape index (κ2) is 6.12. The smallest absolute Gasteiger partial charge is 0.348 e. The van der Waals surface area contributed by atoms with E-state index in [2.05, 4.69) is 4.74 Å². The lowest BCUT2D eigenvalue weighted by Crippen LogP contribution is -1.99. The summed E-state index contributed by atoms with van der Waals surface area (Å²) >= 11 is 1.29. The van der Waals surface area contributed by atoms with Crippen molar-refractivity contribution in [2.75, 3.05) is 7.11 Å². The second-order valence-electron chi connectivity index (χ2n) is 3.88. The summed E-state index contributed by atoms with van der Waals surface area (Å²) in [5.41, 5.74) is 1.46. The van der Waals surface area contributed by atoms with Gasteiger partial charge in [-0.2, -0.15) is 0 Å². The lowest BCUT2D eigenvalue weighted by atomic mass is 10.1. The van der Waals surface area contributed by atoms with Crippen LogP contribution in [0.25, 0.3) is 12.2 Å². The Morgan fingerprint density at radius 2 is 2.15 bits per heavy atom. The molecule has 102 valence electrons. The second-order valence-corrected chi connectivity index (χ2v) is 4.80. The van der Waals surface area contributed by atoms with Gasteiger partial charge in [0, 0.05) is 12.1 Å². The summed E-state index contributed by atoms with van der Waals surface area (Å²) in [5.74, 6) is -0.390. The first kappa shape index (κ1) is 14.0. The van der Waals surface area contributed by atoms with Gasteiger partial charge in [-0.1, -0.05) is 24.3 Å². The van der Waals surface area contributed by atoms with Gasteiger partial charge in [-0.05, 0) is 22.6 Å². The van der Waals surface area contributed by atoms with Crippen LogP contribution in [0.15, 0.2) is 35.7 Å². The van der Waals surface area contributed by atoms with Crippen LogP contribution >= 0.6 is 11.3 Å². The van der Waals surface area contributed by atoms with Gasteiger partial charge < -0.3 is 4.74 Å². The van der Waals surface area contributed by atoms with Gasteiger partial charge in [0.2, 0.25) is 0 Å². The molecule has 1 aromatic heterocycles. The highest BCUT2D eigenvalue weighted by Crippen LogP contribution is 2.21. The Bertz CT molecular complexity index is 675. The molecule has 0 atom stereocenters. The lowest BCUT2D eigenvalue weighted by molar-refractivity contribution is -0.384. The molecule has 20 heavy (non-hydrogen) atoms. The summed E-state index contributed by atoms with van der Waals surface area (Å²) in [4.78, 5) is 22.3. The third kappa shape index (κ3) is 3.10. The summed E-state index contributed by atoms with van der Waals surface area (Å²) in [6.07, 6.45) is 3.46. The summed E-state index contributed by atoms with van der Waals surface area (Å²) in [5, 5.41) is 12.5. The lowest BCUT2D eigenvalue weighted by Gasteiger charge is -1.97. The summed E-state index contributed by atoms with van der Waals surface area (Å²) in [7, 11) is 1.33. The predicted octanol–water partition coefficient (Wildman–Crippen LogP) is 3.61. The molecule has 0 saturated heterocycles. The maximum Gasteiger partial charge on any atom is 0.348 e. The zero-order valence-electron chi connectivity index (χ0n) is 10.6. The maximum atomic E-state index is 11.5. The zero-order valence-corrected chi connectivity index (χ0v) is 11.4. The van der Waals surface area contributed by atoms with Crippen molar-refractivity contribution in [3.05, 3.63) is 61.8 Å². The van der Waals surface area contributed by atoms with Crippen LogP contribution in [0.3, 0.4) is 0 Å². The van der Waals surface area contributed by atoms with Crippen molar-refractivity contribution in [1.29, 1.82) is 0 Å². The van der Waals surface area contributed by atoms with Crippen LogP contribution in [0.1, 0.15) is 20.8 Å². The zero-order chi connectivity index (χ0) is 14.5. The van der Waals surface area contributed by atoms with Gasteiger partial charge >= 0.3 is 5.97 Å². The van der Waals surface area contributed by atoms with Gasteiger partial charge in [0.25, 0.3) is 5.69 Å². The number of methoxy groups -OCH3 is 1. The van der Waals surface area contributed by atoms with Crippen molar-refractivity contribution in [2.45, 2.75) is 0 Å². The number of hydrogen-bond donors (Lipinski definition) is 0. The minimum absolute atomic E-state index is 0.0330. The Balaban J connectivity index is 2.26. The standard InChI is InChI=1S/C14H11NO4S/c1-19-14(16)13-11(7-8-20-13)6-5-10-3-2-4-12(9-10)15(17)18/h2-9H,1H3/b6-5-. The van der Waals surface area contributed by atoms with E-state index in [0.717, 1.165) is 5.56 Å². The Hall–Kier alpha value is -2.47. The van der Waals surface area contributed by atoms with E-state index in [-0.39, 0.29) is 5.69 Å². The quantitative estimate of drug-likeness (QED) is 0.490. The van der Waals surface area contributed by atoms with Crippen LogP contribution in [0.2, 0.25) is 0 Å². The predicted molar refractivity (Wildman–Crippen MR) is 77.7 cm³/mol. The molecule has 0 amide bonds. The first-order valence-electron chi connectivity index (χ1n) is 5.70. The highest BCUT2D eigenvalue weighted by atomic mass is 32.1. The molecule has 2 aromatic rings. The van der Waals surface area contributed by atoms with Gasteiger partial charge in [-0.25, -0.2) is 4.79 Å². The van der Waals surface area contributed by atoms with Crippen molar-refractivity contribution >= 4 is 35.1 Å². The fraction of sp³-hybridized carbons (Fsp3) is 0.0714. The molecule has 6 heteroatoms. The number of esters is 1. The largest absolute Gasteiger partial charge is 0.465 e. The number of thiophene rings is 1. The first-order chi connectivity index (χ1) is 9.61. The highest BCUT2D eigenvalue weighted by molar-refractivity contribution is 7.12. The molecule has 0 radical (unpaired) electrons. The normalized spacial score (nSPS) is 10.7. The average molecular weight is 289 g/mol. The third-order valence-electron chi connectivity index (χ3n) is 2.60. The molecule has 0 saturated carbocycles. The van der Waals surface area contributed by atoms with Crippen LogP contribution in [0.4, 0.5) is 5.69 Å². The van der Waals surface area contributed by atoms with Crippen molar-refractivity contribution in [2.24, 2.45) is 0 Å². The SMILES string of the molecule is COC(=O)c1sccc1/C=C\c1cccc([N+](=O)[O-])c1. The number of nitro groups is 1. The first-order valence-corrected chi connectivity index (χ1v) is 6.58. The highest BCUT2D eigenvalue weighted by Gasteiger charge is 2.11. The van der Waals surface area contributed by atoms with Gasteiger partial charge in [-0.3, -0.25) is 10.1 Å². The molecule has 0 unspecified atom stereocenters. The van der Waals surface area contributed by atoms with Gasteiger partial charge in [0.1, 0.15) is 4.88 Å². The van der Waals surface area contributed by atoms with Crippen LogP contribution in [0, 0.1) is 10.1 Å².